The highest BCUT2D eigenvalue weighted by molar-refractivity contribution is 6.38. The molecular weight excluding hydrogens is 937 g/mol. The molecule has 10 aromatic carbocycles. The molecule has 2 heterocycles. The molecule has 0 spiro atoms. The molecule has 8 heteroatoms. The lowest BCUT2D eigenvalue weighted by atomic mass is 10.0. The van der Waals surface area contributed by atoms with Gasteiger partial charge in [0, 0.05) is 45.3 Å². The molecule has 4 amide bonds. The van der Waals surface area contributed by atoms with Gasteiger partial charge in [-0.05, 0) is 130 Å². The van der Waals surface area contributed by atoms with Gasteiger partial charge in [0.05, 0.1) is 22.5 Å². The number of nitrogens with zero attached hydrogens (tertiary/aromatic N) is 4. The van der Waals surface area contributed by atoms with Crippen LogP contribution >= 0.6 is 0 Å². The fraction of sp³-hybridized carbons (Fsp3) is 0. The van der Waals surface area contributed by atoms with E-state index in [-0.39, 0.29) is 33.7 Å². The predicted octanol–water partition coefficient (Wildman–Crippen LogP) is 15.4. The Kier molecular flexibility index (Phi) is 12.4. The fourth-order valence-corrected chi connectivity index (χ4v) is 10.1. The normalized spacial score (nSPS) is 13.0. The summed E-state index contributed by atoms with van der Waals surface area (Å²) in [6.45, 7) is 0. The Morgan fingerprint density at radius 2 is 0.474 bits per heavy atom. The Balaban J connectivity index is 1.03. The number of rotatable bonds is 12. The number of fused-ring (bicyclic) bond motifs is 1. The van der Waals surface area contributed by atoms with Gasteiger partial charge in [0.15, 0.2) is 0 Å². The highest BCUT2D eigenvalue weighted by Crippen LogP contribution is 2.49. The lowest BCUT2D eigenvalue weighted by Crippen LogP contribution is -2.36. The van der Waals surface area contributed by atoms with Crippen LogP contribution in [0.5, 0.6) is 0 Å². The maximum atomic E-state index is 15.7. The molecule has 0 aliphatic carbocycles. The molecule has 0 N–H and O–H groups in total. The first-order chi connectivity index (χ1) is 37.4. The fourth-order valence-electron chi connectivity index (χ4n) is 10.1. The van der Waals surface area contributed by atoms with E-state index < -0.39 is 23.6 Å². The van der Waals surface area contributed by atoms with Gasteiger partial charge in [-0.2, -0.15) is 0 Å². The van der Waals surface area contributed by atoms with E-state index >= 15 is 19.2 Å². The van der Waals surface area contributed by atoms with Crippen LogP contribution in [0.3, 0.4) is 0 Å². The van der Waals surface area contributed by atoms with Gasteiger partial charge in [-0.3, -0.25) is 19.2 Å². The number of carbonyl (C=O) groups is 4. The summed E-state index contributed by atoms with van der Waals surface area (Å²) in [4.78, 5) is 68.3. The van der Waals surface area contributed by atoms with Gasteiger partial charge >= 0.3 is 0 Å². The molecule has 8 nitrogen and oxygen atoms in total. The number of carbonyl (C=O) groups excluding carboxylic acids is 4. The van der Waals surface area contributed by atoms with Crippen molar-refractivity contribution in [2.45, 2.75) is 0 Å². The minimum absolute atomic E-state index is 0.0430. The second kappa shape index (κ2) is 20.2. The molecule has 0 atom stereocenters. The van der Waals surface area contributed by atoms with E-state index in [9.17, 15) is 0 Å². The molecule has 362 valence electrons. The summed E-state index contributed by atoms with van der Waals surface area (Å²) in [7, 11) is 0. The summed E-state index contributed by atoms with van der Waals surface area (Å²) < 4.78 is 0. The van der Waals surface area contributed by atoms with Crippen LogP contribution in [0.4, 0.5) is 34.1 Å². The highest BCUT2D eigenvalue weighted by atomic mass is 16.2. The Morgan fingerprint density at radius 3 is 0.750 bits per heavy atom. The van der Waals surface area contributed by atoms with Crippen LogP contribution in [0.2, 0.25) is 0 Å². The van der Waals surface area contributed by atoms with Crippen molar-refractivity contribution in [2.75, 3.05) is 9.80 Å². The summed E-state index contributed by atoms with van der Waals surface area (Å²) in [5.74, 6) is -2.68. The van der Waals surface area contributed by atoms with Crippen molar-refractivity contribution in [3.63, 3.8) is 0 Å². The topological polar surface area (TPSA) is 81.2 Å². The van der Waals surface area contributed by atoms with Gasteiger partial charge in [0.1, 0.15) is 0 Å². The first-order valence-electron chi connectivity index (χ1n) is 25.0. The third kappa shape index (κ3) is 8.65. The number of imide groups is 2. The second-order valence-corrected chi connectivity index (χ2v) is 18.3. The molecule has 0 saturated heterocycles. The van der Waals surface area contributed by atoms with E-state index in [0.717, 1.165) is 66.2 Å². The van der Waals surface area contributed by atoms with E-state index in [2.05, 4.69) is 9.80 Å². The van der Waals surface area contributed by atoms with Crippen LogP contribution in [0.1, 0.15) is 31.8 Å². The van der Waals surface area contributed by atoms with Crippen LogP contribution in [-0.4, -0.2) is 33.4 Å². The van der Waals surface area contributed by atoms with E-state index in [1.54, 1.807) is 24.3 Å². The minimum Gasteiger partial charge on any atom is -0.311 e. The predicted molar refractivity (Wildman–Crippen MR) is 302 cm³/mol. The summed E-state index contributed by atoms with van der Waals surface area (Å²) >= 11 is 0. The van der Waals surface area contributed by atoms with Crippen molar-refractivity contribution >= 4 is 69.1 Å². The number of benzene rings is 10. The monoisotopic (exact) mass is 982 g/mol. The zero-order valence-electron chi connectivity index (χ0n) is 41.0. The van der Waals surface area contributed by atoms with Crippen LogP contribution in [-0.2, 0) is 9.59 Å². The first-order valence-corrected chi connectivity index (χ1v) is 25.0. The van der Waals surface area contributed by atoms with E-state index in [1.807, 2.05) is 255 Å². The third-order valence-electron chi connectivity index (χ3n) is 13.7. The molecule has 0 aromatic heterocycles. The Morgan fingerprint density at radius 1 is 0.250 bits per heavy atom. The van der Waals surface area contributed by atoms with Gasteiger partial charge < -0.3 is 9.80 Å². The molecule has 0 bridgehead atoms. The average molecular weight is 983 g/mol. The number of para-hydroxylation sites is 4. The molecule has 12 rings (SSSR count). The molecule has 0 saturated carbocycles. The van der Waals surface area contributed by atoms with Crippen LogP contribution < -0.4 is 9.80 Å². The molecule has 2 aliphatic rings. The van der Waals surface area contributed by atoms with Crippen molar-refractivity contribution < 1.29 is 19.2 Å². The third-order valence-corrected chi connectivity index (χ3v) is 13.7. The molecule has 0 fully saturated rings. The molecule has 76 heavy (non-hydrogen) atoms. The highest BCUT2D eigenvalue weighted by Gasteiger charge is 2.52. The summed E-state index contributed by atoms with van der Waals surface area (Å²) in [6, 6.07) is 88.6. The van der Waals surface area contributed by atoms with Gasteiger partial charge in [-0.25, -0.2) is 9.80 Å². The quantitative estimate of drug-likeness (QED) is 0.113. The van der Waals surface area contributed by atoms with Gasteiger partial charge in [-0.15, -0.1) is 0 Å². The number of hydrogen-bond donors (Lipinski definition) is 0. The lowest BCUT2D eigenvalue weighted by Gasteiger charge is -2.27. The average Bonchev–Trinajstić information content (AvgIpc) is 4.15. The first kappa shape index (κ1) is 46.6. The second-order valence-electron chi connectivity index (χ2n) is 18.3. The largest absolute Gasteiger partial charge is 0.311 e. The van der Waals surface area contributed by atoms with Gasteiger partial charge in [0.25, 0.3) is 23.6 Å². The smallest absolute Gasteiger partial charge is 0.268 e. The van der Waals surface area contributed by atoms with Crippen LogP contribution in [0.15, 0.2) is 290 Å². The van der Waals surface area contributed by atoms with E-state index in [4.69, 9.17) is 0 Å². The zero-order chi connectivity index (χ0) is 51.5. The Labute approximate surface area is 440 Å². The lowest BCUT2D eigenvalue weighted by molar-refractivity contribution is -0.122. The van der Waals surface area contributed by atoms with E-state index in [0.29, 0.717) is 11.1 Å². The minimum atomic E-state index is -0.723. The molecule has 0 radical (unpaired) electrons. The van der Waals surface area contributed by atoms with Crippen molar-refractivity contribution in [1.29, 1.82) is 0 Å². The standard InChI is InChI=1S/C68H46N4O4/c73-65(53-35-31-49(32-36-53)47-19-7-1-8-20-47)71-63(51-39-43-59(44-40-51)69(55-23-11-3-12-24-55)56-25-13-4-14-26-56)61-62(67(71)75)64(72(68(61)76)66(74)54-37-33-50(34-38-54)48-21-9-2-10-22-48)52-41-45-60(46-42-52)70(57-27-15-5-16-28-57)58-29-17-6-18-30-58/h1-46H. The number of anilines is 6. The zero-order valence-corrected chi connectivity index (χ0v) is 41.0. The molecular formula is C68H46N4O4. The van der Waals surface area contributed by atoms with Crippen molar-refractivity contribution in [1.82, 2.24) is 9.80 Å². The Bertz CT molecular complexity index is 3500. The molecule has 0 unspecified atom stereocenters. The van der Waals surface area contributed by atoms with Crippen molar-refractivity contribution in [3.8, 4) is 22.3 Å². The summed E-state index contributed by atoms with van der Waals surface area (Å²) in [6.07, 6.45) is 0. The van der Waals surface area contributed by atoms with Crippen LogP contribution in [0, 0.1) is 0 Å². The SMILES string of the molecule is O=C1C2=C(c3ccc(N(c4ccccc4)c4ccccc4)cc3)N(C(=O)c3ccc(-c4ccccc4)cc3)C(=O)C2=C(c2ccc(N(c3ccccc3)c3ccccc3)cc2)N1C(=O)c1ccc(-c2ccccc2)cc1. The van der Waals surface area contributed by atoms with Crippen molar-refractivity contribution in [3.05, 3.63) is 312 Å². The van der Waals surface area contributed by atoms with Crippen LogP contribution in [0.25, 0.3) is 33.6 Å². The Hall–Kier alpha value is -10.4. The summed E-state index contributed by atoms with van der Waals surface area (Å²) in [5.41, 5.74) is 10.5. The molecule has 2 aliphatic heterocycles. The van der Waals surface area contributed by atoms with Gasteiger partial charge in [-0.1, -0.05) is 182 Å². The maximum absolute atomic E-state index is 15.7. The van der Waals surface area contributed by atoms with Crippen molar-refractivity contribution in [2.24, 2.45) is 0 Å². The number of hydrogen-bond acceptors (Lipinski definition) is 6. The van der Waals surface area contributed by atoms with Gasteiger partial charge in [0.2, 0.25) is 0 Å². The number of amides is 4. The van der Waals surface area contributed by atoms with E-state index in [1.165, 1.54) is 0 Å². The molecule has 10 aromatic rings. The summed E-state index contributed by atoms with van der Waals surface area (Å²) in [5, 5.41) is 0. The maximum Gasteiger partial charge on any atom is 0.268 e.